The zero-order chi connectivity index (χ0) is 18.9. The molecule has 2 N–H and O–H groups in total. The van der Waals surface area contributed by atoms with E-state index in [1.165, 1.54) is 5.56 Å². The number of methoxy groups -OCH3 is 1. The van der Waals surface area contributed by atoms with E-state index in [1.54, 1.807) is 37.6 Å². The fourth-order valence-electron chi connectivity index (χ4n) is 2.54. The van der Waals surface area contributed by atoms with Gasteiger partial charge in [0.15, 0.2) is 5.96 Å². The number of aliphatic imine (C=N–C) groups is 1. The van der Waals surface area contributed by atoms with Gasteiger partial charge in [-0.25, -0.2) is 4.98 Å². The molecular formula is C19H29IN4O2S. The smallest absolute Gasteiger partial charge is 0.193 e. The first kappa shape index (κ1) is 23.6. The average molecular weight is 504 g/mol. The van der Waals surface area contributed by atoms with Crippen LogP contribution in [0, 0.1) is 0 Å². The maximum absolute atomic E-state index is 9.32. The first-order chi connectivity index (χ1) is 12.5. The van der Waals surface area contributed by atoms with Crippen LogP contribution in [0.15, 0.2) is 34.6 Å². The molecule has 0 radical (unpaired) electrons. The topological polar surface area (TPSA) is 70.0 Å². The lowest BCUT2D eigenvalue weighted by Gasteiger charge is -2.21. The van der Waals surface area contributed by atoms with Gasteiger partial charge in [-0.2, -0.15) is 0 Å². The van der Waals surface area contributed by atoms with Crippen molar-refractivity contribution in [3.05, 3.63) is 45.9 Å². The Kier molecular flexibility index (Phi) is 10.6. The van der Waals surface area contributed by atoms with Crippen LogP contribution in [0.5, 0.6) is 5.75 Å². The molecular weight excluding hydrogens is 475 g/mol. The monoisotopic (exact) mass is 504 g/mol. The maximum atomic E-state index is 9.32. The molecule has 2 aromatic rings. The zero-order valence-corrected chi connectivity index (χ0v) is 19.5. The van der Waals surface area contributed by atoms with Crippen molar-refractivity contribution in [2.24, 2.45) is 4.99 Å². The second kappa shape index (κ2) is 12.1. The fraction of sp³-hybridized carbons (Fsp3) is 0.474. The lowest BCUT2D eigenvalue weighted by atomic mass is 10.1. The third-order valence-corrected chi connectivity index (χ3v) is 5.16. The van der Waals surface area contributed by atoms with Crippen molar-refractivity contribution in [1.29, 1.82) is 0 Å². The molecule has 0 fully saturated rings. The van der Waals surface area contributed by atoms with Crippen molar-refractivity contribution in [3.8, 4) is 5.75 Å². The SMILES string of the molecule is CN=C(NCCCc1ccc(O)cc1)N(C)Cc1csc(C(C)OC)n1.I. The molecule has 1 aromatic heterocycles. The molecule has 0 bridgehead atoms. The summed E-state index contributed by atoms with van der Waals surface area (Å²) in [4.78, 5) is 11.0. The van der Waals surface area contributed by atoms with E-state index in [2.05, 4.69) is 25.6 Å². The number of hydrogen-bond donors (Lipinski definition) is 2. The van der Waals surface area contributed by atoms with E-state index in [4.69, 9.17) is 4.74 Å². The predicted octanol–water partition coefficient (Wildman–Crippen LogP) is 3.81. The Bertz CT molecular complexity index is 706. The summed E-state index contributed by atoms with van der Waals surface area (Å²) >= 11 is 1.62. The minimum atomic E-state index is 0. The predicted molar refractivity (Wildman–Crippen MR) is 122 cm³/mol. The van der Waals surface area contributed by atoms with Crippen LogP contribution in [0.3, 0.4) is 0 Å². The number of aromatic nitrogens is 1. The Morgan fingerprint density at radius 1 is 1.37 bits per heavy atom. The van der Waals surface area contributed by atoms with Crippen LogP contribution in [0.2, 0.25) is 0 Å². The Morgan fingerprint density at radius 3 is 2.70 bits per heavy atom. The highest BCUT2D eigenvalue weighted by molar-refractivity contribution is 14.0. The number of thiazole rings is 1. The van der Waals surface area contributed by atoms with Crippen LogP contribution in [-0.4, -0.2) is 48.7 Å². The molecule has 150 valence electrons. The minimum Gasteiger partial charge on any atom is -0.508 e. The number of halogens is 1. The first-order valence-electron chi connectivity index (χ1n) is 8.70. The number of rotatable bonds is 8. The number of aryl methyl sites for hydroxylation is 1. The molecule has 0 aliphatic rings. The standard InChI is InChI=1S/C19H28N4O2S.HI/c1-14(25-4)18-22-16(13-26-18)12-23(3)19(20-2)21-11-5-6-15-7-9-17(24)10-8-15;/h7-10,13-14,24H,5-6,11-12H2,1-4H3,(H,20,21);1H. The molecule has 1 unspecified atom stereocenters. The quantitative estimate of drug-likeness (QED) is 0.248. The number of hydrogen-bond acceptors (Lipinski definition) is 5. The molecule has 27 heavy (non-hydrogen) atoms. The van der Waals surface area contributed by atoms with Crippen molar-refractivity contribution in [2.75, 3.05) is 27.7 Å². The number of phenolic OH excluding ortho intramolecular Hbond substituents is 1. The van der Waals surface area contributed by atoms with E-state index in [-0.39, 0.29) is 30.1 Å². The van der Waals surface area contributed by atoms with E-state index >= 15 is 0 Å². The van der Waals surface area contributed by atoms with Crippen LogP contribution < -0.4 is 5.32 Å². The lowest BCUT2D eigenvalue weighted by molar-refractivity contribution is 0.119. The molecule has 0 amide bonds. The Labute approximate surface area is 182 Å². The van der Waals surface area contributed by atoms with Gasteiger partial charge in [-0.3, -0.25) is 4.99 Å². The lowest BCUT2D eigenvalue weighted by Crippen LogP contribution is -2.39. The number of aromatic hydroxyl groups is 1. The summed E-state index contributed by atoms with van der Waals surface area (Å²) in [5.41, 5.74) is 2.23. The van der Waals surface area contributed by atoms with Gasteiger partial charge in [0, 0.05) is 33.1 Å². The van der Waals surface area contributed by atoms with Crippen molar-refractivity contribution in [1.82, 2.24) is 15.2 Å². The number of benzene rings is 1. The molecule has 2 rings (SSSR count). The maximum Gasteiger partial charge on any atom is 0.193 e. The van der Waals surface area contributed by atoms with Gasteiger partial charge >= 0.3 is 0 Å². The molecule has 1 heterocycles. The largest absolute Gasteiger partial charge is 0.508 e. The van der Waals surface area contributed by atoms with E-state index in [1.807, 2.05) is 26.1 Å². The van der Waals surface area contributed by atoms with Crippen LogP contribution >= 0.6 is 35.3 Å². The van der Waals surface area contributed by atoms with E-state index < -0.39 is 0 Å². The van der Waals surface area contributed by atoms with Crippen molar-refractivity contribution >= 4 is 41.3 Å². The summed E-state index contributed by atoms with van der Waals surface area (Å²) < 4.78 is 5.32. The second-order valence-electron chi connectivity index (χ2n) is 6.16. The summed E-state index contributed by atoms with van der Waals surface area (Å²) in [7, 11) is 5.49. The number of phenols is 1. The number of ether oxygens (including phenoxy) is 1. The molecule has 0 spiro atoms. The number of nitrogens with zero attached hydrogens (tertiary/aromatic N) is 3. The molecule has 1 aromatic carbocycles. The highest BCUT2D eigenvalue weighted by Crippen LogP contribution is 2.20. The van der Waals surface area contributed by atoms with Gasteiger partial charge in [0.2, 0.25) is 0 Å². The Hall–Kier alpha value is -1.39. The summed E-state index contributed by atoms with van der Waals surface area (Å²) in [5, 5.41) is 15.8. The molecule has 0 aliphatic heterocycles. The molecule has 6 nitrogen and oxygen atoms in total. The normalized spacial score (nSPS) is 12.4. The minimum absolute atomic E-state index is 0. The Morgan fingerprint density at radius 2 is 2.07 bits per heavy atom. The summed E-state index contributed by atoms with van der Waals surface area (Å²) in [6, 6.07) is 7.36. The van der Waals surface area contributed by atoms with Gasteiger partial charge in [-0.1, -0.05) is 12.1 Å². The van der Waals surface area contributed by atoms with Gasteiger partial charge in [0.1, 0.15) is 16.9 Å². The van der Waals surface area contributed by atoms with Gasteiger partial charge in [-0.15, -0.1) is 35.3 Å². The number of nitrogens with one attached hydrogen (secondary N) is 1. The third kappa shape index (κ3) is 7.63. The van der Waals surface area contributed by atoms with Gasteiger partial charge < -0.3 is 20.1 Å². The Balaban J connectivity index is 0.00000364. The van der Waals surface area contributed by atoms with Gasteiger partial charge in [0.05, 0.1) is 12.2 Å². The molecule has 8 heteroatoms. The molecule has 0 saturated heterocycles. The van der Waals surface area contributed by atoms with Crippen molar-refractivity contribution in [3.63, 3.8) is 0 Å². The van der Waals surface area contributed by atoms with Crippen molar-refractivity contribution in [2.45, 2.75) is 32.4 Å². The van der Waals surface area contributed by atoms with Crippen molar-refractivity contribution < 1.29 is 9.84 Å². The van der Waals surface area contributed by atoms with Crippen LogP contribution in [0.4, 0.5) is 0 Å². The van der Waals surface area contributed by atoms with E-state index in [9.17, 15) is 5.11 Å². The molecule has 0 aliphatic carbocycles. The van der Waals surface area contributed by atoms with Crippen LogP contribution in [0.25, 0.3) is 0 Å². The number of guanidine groups is 1. The van der Waals surface area contributed by atoms with Gasteiger partial charge in [0.25, 0.3) is 0 Å². The summed E-state index contributed by atoms with van der Waals surface area (Å²) in [6.45, 7) is 3.53. The summed E-state index contributed by atoms with van der Waals surface area (Å²) in [6.07, 6.45) is 1.97. The molecule has 1 atom stereocenters. The highest BCUT2D eigenvalue weighted by Gasteiger charge is 2.12. The van der Waals surface area contributed by atoms with Crippen LogP contribution in [0.1, 0.15) is 35.7 Å². The second-order valence-corrected chi connectivity index (χ2v) is 7.04. The van der Waals surface area contributed by atoms with E-state index in [0.29, 0.717) is 12.3 Å². The van der Waals surface area contributed by atoms with Crippen LogP contribution in [-0.2, 0) is 17.7 Å². The van der Waals surface area contributed by atoms with Gasteiger partial charge in [-0.05, 0) is 37.5 Å². The average Bonchev–Trinajstić information content (AvgIpc) is 3.11. The first-order valence-corrected chi connectivity index (χ1v) is 9.58. The highest BCUT2D eigenvalue weighted by atomic mass is 127. The molecule has 0 saturated carbocycles. The summed E-state index contributed by atoms with van der Waals surface area (Å²) in [5.74, 6) is 1.16. The third-order valence-electron chi connectivity index (χ3n) is 4.11. The van der Waals surface area contributed by atoms with E-state index in [0.717, 1.165) is 36.0 Å². The fourth-order valence-corrected chi connectivity index (χ4v) is 3.38. The zero-order valence-electron chi connectivity index (χ0n) is 16.3.